The van der Waals surface area contributed by atoms with Gasteiger partial charge in [-0.3, -0.25) is 19.0 Å². The lowest BCUT2D eigenvalue weighted by Crippen LogP contribution is -2.14. The van der Waals surface area contributed by atoms with Crippen molar-refractivity contribution in [1.29, 1.82) is 0 Å². The van der Waals surface area contributed by atoms with Crippen LogP contribution < -0.4 is 5.56 Å². The minimum atomic E-state index is -4.56. The first-order chi connectivity index (χ1) is 16.8. The van der Waals surface area contributed by atoms with Gasteiger partial charge in [-0.25, -0.2) is 9.48 Å². The maximum atomic E-state index is 12.8. The van der Waals surface area contributed by atoms with Crippen molar-refractivity contribution >= 4 is 48.4 Å². The molecular formula is C20H14N4O10S2. The highest BCUT2D eigenvalue weighted by Gasteiger charge is 2.21. The van der Waals surface area contributed by atoms with E-state index in [-0.39, 0.29) is 22.1 Å². The van der Waals surface area contributed by atoms with Gasteiger partial charge in [0.2, 0.25) is 0 Å². The van der Waals surface area contributed by atoms with E-state index in [9.17, 15) is 41.2 Å². The zero-order valence-corrected chi connectivity index (χ0v) is 19.2. The highest BCUT2D eigenvalue weighted by atomic mass is 32.2. The average molecular weight is 534 g/mol. The van der Waals surface area contributed by atoms with Gasteiger partial charge >= 0.3 is 5.97 Å². The molecule has 0 spiro atoms. The standard InChI is InChI=1S/C20H14N4O10S2/c25-16-9-14(36(32,33)34)7-10-1-2-11(8-15(10)16)21-22-17-18(20(27)28)23-24(19(17)26)12-3-5-13(6-4-12)35(29,30)31/h1-9,23,25H,(H,27,28)(H,29,30,31)(H,32,33,34). The number of hydrogen-bond donors (Lipinski definition) is 5. The average Bonchev–Trinajstić information content (AvgIpc) is 3.13. The summed E-state index contributed by atoms with van der Waals surface area (Å²) in [6.45, 7) is 0. The molecule has 0 aliphatic heterocycles. The Morgan fingerprint density at radius 1 is 0.861 bits per heavy atom. The van der Waals surface area contributed by atoms with E-state index in [1.807, 2.05) is 0 Å². The van der Waals surface area contributed by atoms with Gasteiger partial charge in [-0.2, -0.15) is 21.9 Å². The number of nitrogens with zero attached hydrogens (tertiary/aromatic N) is 3. The van der Waals surface area contributed by atoms with Crippen molar-refractivity contribution in [3.05, 3.63) is 70.6 Å². The number of H-pyrrole nitrogens is 1. The highest BCUT2D eigenvalue weighted by Crippen LogP contribution is 2.32. The van der Waals surface area contributed by atoms with Crippen LogP contribution in [0.2, 0.25) is 0 Å². The number of nitrogens with one attached hydrogen (secondary N) is 1. The first-order valence-electron chi connectivity index (χ1n) is 9.58. The van der Waals surface area contributed by atoms with Gasteiger partial charge in [0.25, 0.3) is 25.8 Å². The van der Waals surface area contributed by atoms with Crippen LogP contribution in [0.25, 0.3) is 16.5 Å². The molecule has 14 nitrogen and oxygen atoms in total. The van der Waals surface area contributed by atoms with Crippen molar-refractivity contribution in [2.75, 3.05) is 0 Å². The number of hydrogen-bond acceptors (Lipinski definition) is 9. The van der Waals surface area contributed by atoms with E-state index in [2.05, 4.69) is 15.3 Å². The van der Waals surface area contributed by atoms with Gasteiger partial charge in [0, 0.05) is 11.5 Å². The van der Waals surface area contributed by atoms with Crippen LogP contribution in [0.15, 0.2) is 79.4 Å². The van der Waals surface area contributed by atoms with Gasteiger partial charge in [0.05, 0.1) is 21.2 Å². The Morgan fingerprint density at radius 3 is 2.08 bits per heavy atom. The predicted molar refractivity (Wildman–Crippen MR) is 123 cm³/mol. The summed E-state index contributed by atoms with van der Waals surface area (Å²) in [6, 6.07) is 10.3. The number of carbonyl (C=O) groups is 1. The van der Waals surface area contributed by atoms with Crippen LogP contribution >= 0.6 is 0 Å². The smallest absolute Gasteiger partial charge is 0.356 e. The molecule has 0 aliphatic carbocycles. The molecule has 16 heteroatoms. The summed E-state index contributed by atoms with van der Waals surface area (Å²) in [5.74, 6) is -2.02. The molecule has 1 heterocycles. The molecule has 0 amide bonds. The number of aromatic hydroxyl groups is 1. The van der Waals surface area contributed by atoms with E-state index in [0.717, 1.165) is 41.1 Å². The summed E-state index contributed by atoms with van der Waals surface area (Å²) < 4.78 is 64.1. The molecule has 5 N–H and O–H groups in total. The number of phenols is 1. The molecule has 0 unspecified atom stereocenters. The van der Waals surface area contributed by atoms with Crippen LogP contribution in [-0.4, -0.2) is 51.9 Å². The molecule has 3 aromatic carbocycles. The first kappa shape index (κ1) is 24.7. The monoisotopic (exact) mass is 534 g/mol. The number of azo groups is 1. The molecule has 4 rings (SSSR count). The van der Waals surface area contributed by atoms with Gasteiger partial charge in [-0.05, 0) is 47.9 Å². The lowest BCUT2D eigenvalue weighted by atomic mass is 10.1. The summed E-state index contributed by atoms with van der Waals surface area (Å²) in [5, 5.41) is 29.9. The molecule has 4 aromatic rings. The Bertz CT molecular complexity index is 1840. The molecule has 0 aliphatic rings. The predicted octanol–water partition coefficient (Wildman–Crippen LogP) is 2.63. The van der Waals surface area contributed by atoms with Gasteiger partial charge in [-0.15, -0.1) is 5.11 Å². The number of phenolic OH excluding ortho intramolecular Hbond substituents is 1. The lowest BCUT2D eigenvalue weighted by molar-refractivity contribution is 0.0690. The number of carboxylic acids is 1. The maximum absolute atomic E-state index is 12.8. The molecule has 0 fully saturated rings. The van der Waals surface area contributed by atoms with E-state index >= 15 is 0 Å². The zero-order valence-electron chi connectivity index (χ0n) is 17.6. The fourth-order valence-corrected chi connectivity index (χ4v) is 4.25. The third-order valence-corrected chi connectivity index (χ3v) is 6.62. The van der Waals surface area contributed by atoms with Crippen molar-refractivity contribution in [2.45, 2.75) is 9.79 Å². The number of aromatic nitrogens is 2. The maximum Gasteiger partial charge on any atom is 0.356 e. The van der Waals surface area contributed by atoms with E-state index < -0.39 is 58.7 Å². The summed E-state index contributed by atoms with van der Waals surface area (Å²) >= 11 is 0. The second kappa shape index (κ2) is 8.68. The molecule has 186 valence electrons. The Morgan fingerprint density at radius 2 is 1.50 bits per heavy atom. The molecule has 0 bridgehead atoms. The minimum Gasteiger partial charge on any atom is -0.507 e. The molecule has 0 saturated heterocycles. The number of fused-ring (bicyclic) bond motifs is 1. The number of benzene rings is 3. The zero-order chi connectivity index (χ0) is 26.4. The van der Waals surface area contributed by atoms with Crippen LogP contribution in [0, 0.1) is 0 Å². The van der Waals surface area contributed by atoms with Crippen LogP contribution in [-0.2, 0) is 20.2 Å². The molecule has 0 atom stereocenters. The quantitative estimate of drug-likeness (QED) is 0.179. The molecular weight excluding hydrogens is 520 g/mol. The second-order valence-corrected chi connectivity index (χ2v) is 10.1. The van der Waals surface area contributed by atoms with Crippen molar-refractivity contribution in [3.8, 4) is 11.4 Å². The van der Waals surface area contributed by atoms with Crippen molar-refractivity contribution in [2.24, 2.45) is 10.2 Å². The Hall–Kier alpha value is -4.38. The fourth-order valence-electron chi connectivity index (χ4n) is 3.24. The van der Waals surface area contributed by atoms with E-state index in [1.165, 1.54) is 18.2 Å². The fraction of sp³-hybridized carbons (Fsp3) is 0. The summed E-state index contributed by atoms with van der Waals surface area (Å²) in [5.41, 5.74) is -2.03. The number of carboxylic acid groups (broad SMARTS) is 1. The van der Waals surface area contributed by atoms with Gasteiger partial charge in [-0.1, -0.05) is 6.07 Å². The minimum absolute atomic E-state index is 0.0432. The lowest BCUT2D eigenvalue weighted by Gasteiger charge is -2.05. The molecule has 36 heavy (non-hydrogen) atoms. The van der Waals surface area contributed by atoms with Gasteiger partial charge in [0.1, 0.15) is 5.75 Å². The largest absolute Gasteiger partial charge is 0.507 e. The third-order valence-electron chi connectivity index (χ3n) is 4.93. The van der Waals surface area contributed by atoms with Crippen molar-refractivity contribution in [1.82, 2.24) is 9.78 Å². The topological polar surface area (TPSA) is 229 Å². The number of aromatic carboxylic acids is 1. The van der Waals surface area contributed by atoms with Crippen molar-refractivity contribution in [3.63, 3.8) is 0 Å². The Kier molecular flexibility index (Phi) is 5.97. The van der Waals surface area contributed by atoms with E-state index in [4.69, 9.17) is 4.55 Å². The van der Waals surface area contributed by atoms with Crippen LogP contribution in [0.5, 0.6) is 5.75 Å². The first-order valence-corrected chi connectivity index (χ1v) is 12.5. The SMILES string of the molecule is O=C(O)c1[nH]n(-c2ccc(S(=O)(=O)O)cc2)c(=O)c1N=Nc1ccc2cc(S(=O)(=O)O)cc(O)c2c1. The van der Waals surface area contributed by atoms with E-state index in [1.54, 1.807) is 0 Å². The second-order valence-electron chi connectivity index (χ2n) is 7.27. The van der Waals surface area contributed by atoms with Crippen LogP contribution in [0.1, 0.15) is 10.5 Å². The summed E-state index contributed by atoms with van der Waals surface area (Å²) in [7, 11) is -9.04. The van der Waals surface area contributed by atoms with E-state index in [0.29, 0.717) is 0 Å². The van der Waals surface area contributed by atoms with Crippen LogP contribution in [0.4, 0.5) is 11.4 Å². The Balaban J connectivity index is 1.75. The highest BCUT2D eigenvalue weighted by molar-refractivity contribution is 7.86. The van der Waals surface area contributed by atoms with Crippen LogP contribution in [0.3, 0.4) is 0 Å². The van der Waals surface area contributed by atoms with Gasteiger partial charge < -0.3 is 10.2 Å². The number of aromatic amines is 1. The molecule has 0 radical (unpaired) electrons. The van der Waals surface area contributed by atoms with Gasteiger partial charge in [0.15, 0.2) is 11.4 Å². The van der Waals surface area contributed by atoms with Crippen molar-refractivity contribution < 1.29 is 40.9 Å². The summed E-state index contributed by atoms with van der Waals surface area (Å²) in [6.07, 6.45) is 0. The number of rotatable bonds is 6. The normalized spacial score (nSPS) is 12.4. The Labute approximate surface area is 201 Å². The molecule has 0 saturated carbocycles. The summed E-state index contributed by atoms with van der Waals surface area (Å²) in [4.78, 5) is 23.5. The molecule has 1 aromatic heterocycles. The third kappa shape index (κ3) is 4.73.